The molecule has 2 rings (SSSR count). The van der Waals surface area contributed by atoms with Crippen LogP contribution in [-0.2, 0) is 9.53 Å². The summed E-state index contributed by atoms with van der Waals surface area (Å²) in [6, 6.07) is 10.6. The number of carbonyl (C=O) groups excluding carboxylic acids is 2. The summed E-state index contributed by atoms with van der Waals surface area (Å²) in [7, 11) is 0. The number of rotatable bonds is 6. The number of hydrogen-bond acceptors (Lipinski definition) is 4. The van der Waals surface area contributed by atoms with E-state index in [1.165, 1.54) is 12.1 Å². The lowest BCUT2D eigenvalue weighted by molar-refractivity contribution is -0.122. The van der Waals surface area contributed by atoms with Crippen molar-refractivity contribution in [3.8, 4) is 5.75 Å². The van der Waals surface area contributed by atoms with E-state index in [4.69, 9.17) is 9.47 Å². The highest BCUT2D eigenvalue weighted by molar-refractivity contribution is 9.10. The fourth-order valence-electron chi connectivity index (χ4n) is 1.97. The summed E-state index contributed by atoms with van der Waals surface area (Å²) < 4.78 is 24.7. The highest BCUT2D eigenvalue weighted by Gasteiger charge is 2.17. The van der Waals surface area contributed by atoms with Crippen LogP contribution in [0.4, 0.5) is 10.1 Å². The van der Waals surface area contributed by atoms with E-state index in [1.54, 1.807) is 44.2 Å². The molecular formula is C18H17BrFNO4. The standard InChI is InChI=1S/C18H17BrFNO4/c1-3-24-18(23)12-4-7-14(8-5-12)25-11(2)17(22)21-16-9-6-13(19)10-15(16)20/h4-11H,3H2,1-2H3,(H,21,22)/t11-/m1/s1. The number of hydrogen-bond donors (Lipinski definition) is 1. The summed E-state index contributed by atoms with van der Waals surface area (Å²) in [6.45, 7) is 3.57. The van der Waals surface area contributed by atoms with Crippen molar-refractivity contribution in [3.63, 3.8) is 0 Å². The first kappa shape index (κ1) is 18.9. The van der Waals surface area contributed by atoms with Crippen molar-refractivity contribution in [3.05, 3.63) is 58.3 Å². The summed E-state index contributed by atoms with van der Waals surface area (Å²) in [6.07, 6.45) is -0.850. The molecule has 0 radical (unpaired) electrons. The van der Waals surface area contributed by atoms with Gasteiger partial charge in [0.2, 0.25) is 0 Å². The van der Waals surface area contributed by atoms with Gasteiger partial charge in [-0.2, -0.15) is 0 Å². The van der Waals surface area contributed by atoms with Gasteiger partial charge < -0.3 is 14.8 Å². The van der Waals surface area contributed by atoms with Gasteiger partial charge in [0, 0.05) is 4.47 Å². The van der Waals surface area contributed by atoms with Gasteiger partial charge in [0.15, 0.2) is 6.10 Å². The molecular weight excluding hydrogens is 393 g/mol. The van der Waals surface area contributed by atoms with E-state index in [-0.39, 0.29) is 5.69 Å². The number of amides is 1. The van der Waals surface area contributed by atoms with Crippen LogP contribution in [0.1, 0.15) is 24.2 Å². The van der Waals surface area contributed by atoms with E-state index in [0.717, 1.165) is 0 Å². The van der Waals surface area contributed by atoms with E-state index in [9.17, 15) is 14.0 Å². The molecule has 0 aliphatic heterocycles. The van der Waals surface area contributed by atoms with Crippen molar-refractivity contribution in [2.24, 2.45) is 0 Å². The molecule has 25 heavy (non-hydrogen) atoms. The second-order valence-electron chi connectivity index (χ2n) is 5.12. The fraction of sp³-hybridized carbons (Fsp3) is 0.222. The third kappa shape index (κ3) is 5.29. The third-order valence-electron chi connectivity index (χ3n) is 3.24. The van der Waals surface area contributed by atoms with Crippen molar-refractivity contribution >= 4 is 33.5 Å². The monoisotopic (exact) mass is 409 g/mol. The van der Waals surface area contributed by atoms with Crippen molar-refractivity contribution in [2.75, 3.05) is 11.9 Å². The van der Waals surface area contributed by atoms with E-state index >= 15 is 0 Å². The van der Waals surface area contributed by atoms with E-state index in [1.807, 2.05) is 0 Å². The first-order valence-corrected chi connectivity index (χ1v) is 8.39. The Balaban J connectivity index is 1.97. The molecule has 0 unspecified atom stereocenters. The molecule has 1 amide bonds. The second-order valence-corrected chi connectivity index (χ2v) is 6.03. The Morgan fingerprint density at radius 3 is 2.48 bits per heavy atom. The molecule has 0 heterocycles. The van der Waals surface area contributed by atoms with Crippen LogP contribution in [0.15, 0.2) is 46.9 Å². The number of carbonyl (C=O) groups is 2. The molecule has 0 aliphatic carbocycles. The van der Waals surface area contributed by atoms with Gasteiger partial charge in [0.1, 0.15) is 11.6 Å². The Hall–Kier alpha value is -2.41. The SMILES string of the molecule is CCOC(=O)c1ccc(O[C@H](C)C(=O)Nc2ccc(Br)cc2F)cc1. The molecule has 0 aromatic heterocycles. The minimum absolute atomic E-state index is 0.0707. The lowest BCUT2D eigenvalue weighted by Crippen LogP contribution is -2.30. The molecule has 0 fully saturated rings. The minimum Gasteiger partial charge on any atom is -0.481 e. The first-order valence-electron chi connectivity index (χ1n) is 7.60. The van der Waals surface area contributed by atoms with Gasteiger partial charge in [-0.25, -0.2) is 9.18 Å². The van der Waals surface area contributed by atoms with Crippen LogP contribution in [0.5, 0.6) is 5.75 Å². The fourth-order valence-corrected chi connectivity index (χ4v) is 2.30. The quantitative estimate of drug-likeness (QED) is 0.727. The van der Waals surface area contributed by atoms with Gasteiger partial charge in [-0.3, -0.25) is 4.79 Å². The van der Waals surface area contributed by atoms with Gasteiger partial charge >= 0.3 is 5.97 Å². The molecule has 0 saturated heterocycles. The summed E-state index contributed by atoms with van der Waals surface area (Å²) in [5.41, 5.74) is 0.463. The van der Waals surface area contributed by atoms with Crippen molar-refractivity contribution in [2.45, 2.75) is 20.0 Å². The zero-order valence-electron chi connectivity index (χ0n) is 13.7. The maximum atomic E-state index is 13.8. The van der Waals surface area contributed by atoms with Gasteiger partial charge in [-0.05, 0) is 56.3 Å². The van der Waals surface area contributed by atoms with Crippen LogP contribution in [0.25, 0.3) is 0 Å². The highest BCUT2D eigenvalue weighted by atomic mass is 79.9. The predicted octanol–water partition coefficient (Wildman–Crippen LogP) is 4.17. The summed E-state index contributed by atoms with van der Waals surface area (Å²) >= 11 is 3.15. The average Bonchev–Trinajstić information content (AvgIpc) is 2.58. The Bertz CT molecular complexity index is 764. The van der Waals surface area contributed by atoms with E-state index in [2.05, 4.69) is 21.2 Å². The molecule has 0 spiro atoms. The molecule has 0 saturated carbocycles. The zero-order valence-corrected chi connectivity index (χ0v) is 15.3. The van der Waals surface area contributed by atoms with Gasteiger partial charge in [0.25, 0.3) is 5.91 Å². The normalized spacial score (nSPS) is 11.5. The molecule has 1 atom stereocenters. The molecule has 132 valence electrons. The van der Waals surface area contributed by atoms with Crippen LogP contribution < -0.4 is 10.1 Å². The Morgan fingerprint density at radius 1 is 1.20 bits per heavy atom. The number of benzene rings is 2. The largest absolute Gasteiger partial charge is 0.481 e. The maximum Gasteiger partial charge on any atom is 0.338 e. The molecule has 2 aromatic carbocycles. The number of anilines is 1. The van der Waals surface area contributed by atoms with E-state index < -0.39 is 23.8 Å². The van der Waals surface area contributed by atoms with Crippen molar-refractivity contribution in [1.29, 1.82) is 0 Å². The second kappa shape index (κ2) is 8.62. The minimum atomic E-state index is -0.850. The number of ether oxygens (including phenoxy) is 2. The summed E-state index contributed by atoms with van der Waals surface area (Å²) in [5.74, 6) is -1.05. The Morgan fingerprint density at radius 2 is 1.88 bits per heavy atom. The number of esters is 1. The molecule has 5 nitrogen and oxygen atoms in total. The van der Waals surface area contributed by atoms with E-state index in [0.29, 0.717) is 22.4 Å². The lowest BCUT2D eigenvalue weighted by Gasteiger charge is -2.15. The molecule has 2 aromatic rings. The predicted molar refractivity (Wildman–Crippen MR) is 95.2 cm³/mol. The zero-order chi connectivity index (χ0) is 18.4. The smallest absolute Gasteiger partial charge is 0.338 e. The molecule has 0 bridgehead atoms. The van der Waals surface area contributed by atoms with Gasteiger partial charge in [0.05, 0.1) is 17.9 Å². The summed E-state index contributed by atoms with van der Waals surface area (Å²) in [5, 5.41) is 2.47. The number of halogens is 2. The third-order valence-corrected chi connectivity index (χ3v) is 3.73. The first-order chi connectivity index (χ1) is 11.9. The molecule has 7 heteroatoms. The van der Waals surface area contributed by atoms with Crippen LogP contribution >= 0.6 is 15.9 Å². The molecule has 1 N–H and O–H groups in total. The van der Waals surface area contributed by atoms with Crippen LogP contribution in [0.3, 0.4) is 0 Å². The van der Waals surface area contributed by atoms with Crippen LogP contribution in [0.2, 0.25) is 0 Å². The van der Waals surface area contributed by atoms with Gasteiger partial charge in [-0.1, -0.05) is 15.9 Å². The van der Waals surface area contributed by atoms with Crippen molar-refractivity contribution < 1.29 is 23.5 Å². The van der Waals surface area contributed by atoms with Crippen molar-refractivity contribution in [1.82, 2.24) is 0 Å². The highest BCUT2D eigenvalue weighted by Crippen LogP contribution is 2.20. The Kier molecular flexibility index (Phi) is 6.52. The summed E-state index contributed by atoms with van der Waals surface area (Å²) in [4.78, 5) is 23.7. The average molecular weight is 410 g/mol. The van der Waals surface area contributed by atoms with Crippen LogP contribution in [0, 0.1) is 5.82 Å². The number of nitrogens with one attached hydrogen (secondary N) is 1. The Labute approximate surface area is 153 Å². The maximum absolute atomic E-state index is 13.8. The topological polar surface area (TPSA) is 64.6 Å². The van der Waals surface area contributed by atoms with Gasteiger partial charge in [-0.15, -0.1) is 0 Å². The molecule has 0 aliphatic rings. The lowest BCUT2D eigenvalue weighted by atomic mass is 10.2. The van der Waals surface area contributed by atoms with Crippen LogP contribution in [-0.4, -0.2) is 24.6 Å².